The van der Waals surface area contributed by atoms with Crippen LogP contribution in [0.1, 0.15) is 25.3 Å². The lowest BCUT2D eigenvalue weighted by molar-refractivity contribution is -0.121. The van der Waals surface area contributed by atoms with Gasteiger partial charge in [-0.1, -0.05) is 25.1 Å². The van der Waals surface area contributed by atoms with E-state index in [9.17, 15) is 4.79 Å². The molecular weight excluding hydrogens is 238 g/mol. The fraction of sp³-hybridized carbons (Fsp3) is 0.533. The molecule has 0 radical (unpaired) electrons. The summed E-state index contributed by atoms with van der Waals surface area (Å²) < 4.78 is 0. The Balaban J connectivity index is 2.01. The molecule has 0 fully saturated rings. The second kappa shape index (κ2) is 6.57. The molecule has 3 N–H and O–H groups in total. The molecule has 0 aromatic heterocycles. The number of carbonyl (C=O) groups excluding carboxylic acids is 1. The first-order valence-electron chi connectivity index (χ1n) is 7.07. The Morgan fingerprint density at radius 3 is 3.00 bits per heavy atom. The van der Waals surface area contributed by atoms with E-state index in [2.05, 4.69) is 35.3 Å². The minimum atomic E-state index is 0.0977. The van der Waals surface area contributed by atoms with E-state index in [0.29, 0.717) is 13.0 Å². The van der Waals surface area contributed by atoms with Gasteiger partial charge in [0.05, 0.1) is 0 Å². The normalized spacial score (nSPS) is 15.2. The van der Waals surface area contributed by atoms with E-state index in [1.165, 1.54) is 11.3 Å². The van der Waals surface area contributed by atoms with Crippen molar-refractivity contribution in [2.45, 2.75) is 32.2 Å². The standard InChI is InChI=1S/C15H23N3O/c1-2-8-17-15(19)10-13(11-16)18-9-7-12-5-3-4-6-14(12)18/h3-6,13H,2,7-11,16H2,1H3,(H,17,19). The number of amides is 1. The maximum atomic E-state index is 11.8. The van der Waals surface area contributed by atoms with Gasteiger partial charge in [-0.15, -0.1) is 0 Å². The minimum absolute atomic E-state index is 0.0977. The quantitative estimate of drug-likeness (QED) is 0.811. The van der Waals surface area contributed by atoms with Gasteiger partial charge in [0.2, 0.25) is 5.91 Å². The molecule has 0 bridgehead atoms. The summed E-state index contributed by atoms with van der Waals surface area (Å²) in [5.74, 6) is 0.0988. The van der Waals surface area contributed by atoms with Crippen LogP contribution in [0.3, 0.4) is 0 Å². The van der Waals surface area contributed by atoms with Gasteiger partial charge in [-0.2, -0.15) is 0 Å². The van der Waals surface area contributed by atoms with Gasteiger partial charge in [-0.3, -0.25) is 4.79 Å². The van der Waals surface area contributed by atoms with Crippen LogP contribution in [0.25, 0.3) is 0 Å². The molecule has 2 rings (SSSR count). The monoisotopic (exact) mass is 261 g/mol. The van der Waals surface area contributed by atoms with Crippen molar-refractivity contribution in [1.82, 2.24) is 5.32 Å². The zero-order valence-corrected chi connectivity index (χ0v) is 11.6. The van der Waals surface area contributed by atoms with Crippen molar-refractivity contribution in [2.24, 2.45) is 5.73 Å². The van der Waals surface area contributed by atoms with E-state index < -0.39 is 0 Å². The number of carbonyl (C=O) groups is 1. The minimum Gasteiger partial charge on any atom is -0.366 e. The number of benzene rings is 1. The third kappa shape index (κ3) is 3.26. The van der Waals surface area contributed by atoms with Crippen LogP contribution in [0.4, 0.5) is 5.69 Å². The molecule has 1 aliphatic heterocycles. The summed E-state index contributed by atoms with van der Waals surface area (Å²) in [5, 5.41) is 2.92. The van der Waals surface area contributed by atoms with Crippen molar-refractivity contribution < 1.29 is 4.79 Å². The van der Waals surface area contributed by atoms with Crippen LogP contribution in [0, 0.1) is 0 Å². The third-order valence-electron chi connectivity index (χ3n) is 3.63. The average Bonchev–Trinajstić information content (AvgIpc) is 2.86. The van der Waals surface area contributed by atoms with Gasteiger partial charge in [0.15, 0.2) is 0 Å². The second-order valence-electron chi connectivity index (χ2n) is 5.02. The Kier molecular flexibility index (Phi) is 4.80. The first kappa shape index (κ1) is 13.9. The Bertz CT molecular complexity index is 433. The molecule has 1 amide bonds. The Morgan fingerprint density at radius 1 is 1.47 bits per heavy atom. The summed E-state index contributed by atoms with van der Waals surface area (Å²) in [4.78, 5) is 14.1. The number of nitrogens with one attached hydrogen (secondary N) is 1. The van der Waals surface area contributed by atoms with Gasteiger partial charge in [0, 0.05) is 37.8 Å². The summed E-state index contributed by atoms with van der Waals surface area (Å²) in [5.41, 5.74) is 8.46. The van der Waals surface area contributed by atoms with E-state index in [-0.39, 0.29) is 11.9 Å². The van der Waals surface area contributed by atoms with Crippen LogP contribution in [-0.4, -0.2) is 31.6 Å². The van der Waals surface area contributed by atoms with Gasteiger partial charge < -0.3 is 16.0 Å². The molecule has 0 saturated heterocycles. The van der Waals surface area contributed by atoms with Crippen molar-refractivity contribution in [3.63, 3.8) is 0 Å². The van der Waals surface area contributed by atoms with Crippen LogP contribution < -0.4 is 16.0 Å². The van der Waals surface area contributed by atoms with Crippen LogP contribution in [0.15, 0.2) is 24.3 Å². The summed E-state index contributed by atoms with van der Waals surface area (Å²) in [6.45, 7) is 4.26. The summed E-state index contributed by atoms with van der Waals surface area (Å²) in [6.07, 6.45) is 2.49. The second-order valence-corrected chi connectivity index (χ2v) is 5.02. The number of hydrogen-bond acceptors (Lipinski definition) is 3. The Morgan fingerprint density at radius 2 is 2.26 bits per heavy atom. The first-order valence-corrected chi connectivity index (χ1v) is 7.07. The van der Waals surface area contributed by atoms with E-state index in [0.717, 1.165) is 25.9 Å². The smallest absolute Gasteiger partial charge is 0.222 e. The predicted octanol–water partition coefficient (Wildman–Crippen LogP) is 1.29. The van der Waals surface area contributed by atoms with Crippen LogP contribution in [0.2, 0.25) is 0 Å². The SMILES string of the molecule is CCCNC(=O)CC(CN)N1CCc2ccccc21. The van der Waals surface area contributed by atoms with Crippen LogP contribution in [-0.2, 0) is 11.2 Å². The highest BCUT2D eigenvalue weighted by Gasteiger charge is 2.26. The lowest BCUT2D eigenvalue weighted by Crippen LogP contribution is -2.43. The zero-order chi connectivity index (χ0) is 13.7. The number of hydrogen-bond donors (Lipinski definition) is 2. The average molecular weight is 261 g/mol. The number of fused-ring (bicyclic) bond motifs is 1. The highest BCUT2D eigenvalue weighted by atomic mass is 16.1. The highest BCUT2D eigenvalue weighted by Crippen LogP contribution is 2.29. The van der Waals surface area contributed by atoms with Crippen molar-refractivity contribution >= 4 is 11.6 Å². The molecular formula is C15H23N3O. The molecule has 0 spiro atoms. The molecule has 1 aromatic rings. The molecule has 1 heterocycles. The Labute approximate surface area is 115 Å². The lowest BCUT2D eigenvalue weighted by Gasteiger charge is -2.29. The van der Waals surface area contributed by atoms with Crippen molar-refractivity contribution in [3.05, 3.63) is 29.8 Å². The number of nitrogens with two attached hydrogens (primary N) is 1. The highest BCUT2D eigenvalue weighted by molar-refractivity contribution is 5.77. The molecule has 1 unspecified atom stereocenters. The van der Waals surface area contributed by atoms with E-state index >= 15 is 0 Å². The van der Waals surface area contributed by atoms with Crippen molar-refractivity contribution in [2.75, 3.05) is 24.5 Å². The molecule has 1 aliphatic rings. The van der Waals surface area contributed by atoms with Crippen LogP contribution in [0.5, 0.6) is 0 Å². The van der Waals surface area contributed by atoms with Gasteiger partial charge in [-0.25, -0.2) is 0 Å². The van der Waals surface area contributed by atoms with Gasteiger partial charge >= 0.3 is 0 Å². The van der Waals surface area contributed by atoms with Gasteiger partial charge in [0.25, 0.3) is 0 Å². The maximum absolute atomic E-state index is 11.8. The zero-order valence-electron chi connectivity index (χ0n) is 11.6. The number of anilines is 1. The number of nitrogens with zero attached hydrogens (tertiary/aromatic N) is 1. The van der Waals surface area contributed by atoms with E-state index in [1.807, 2.05) is 6.07 Å². The van der Waals surface area contributed by atoms with Gasteiger partial charge in [-0.05, 0) is 24.5 Å². The molecule has 19 heavy (non-hydrogen) atoms. The maximum Gasteiger partial charge on any atom is 0.222 e. The molecule has 4 nitrogen and oxygen atoms in total. The fourth-order valence-corrected chi connectivity index (χ4v) is 2.61. The lowest BCUT2D eigenvalue weighted by atomic mass is 10.1. The van der Waals surface area contributed by atoms with Crippen molar-refractivity contribution in [1.29, 1.82) is 0 Å². The molecule has 0 aliphatic carbocycles. The largest absolute Gasteiger partial charge is 0.366 e. The number of rotatable bonds is 6. The summed E-state index contributed by atoms with van der Waals surface area (Å²) in [7, 11) is 0. The number of para-hydroxylation sites is 1. The first-order chi connectivity index (χ1) is 9.26. The summed E-state index contributed by atoms with van der Waals surface area (Å²) in [6, 6.07) is 8.48. The summed E-state index contributed by atoms with van der Waals surface area (Å²) >= 11 is 0. The van der Waals surface area contributed by atoms with E-state index in [4.69, 9.17) is 5.73 Å². The van der Waals surface area contributed by atoms with Gasteiger partial charge in [0.1, 0.15) is 0 Å². The molecule has 1 aromatic carbocycles. The topological polar surface area (TPSA) is 58.4 Å². The predicted molar refractivity (Wildman–Crippen MR) is 78.3 cm³/mol. The molecule has 104 valence electrons. The van der Waals surface area contributed by atoms with E-state index in [1.54, 1.807) is 0 Å². The fourth-order valence-electron chi connectivity index (χ4n) is 2.61. The van der Waals surface area contributed by atoms with Crippen LogP contribution >= 0.6 is 0 Å². The third-order valence-corrected chi connectivity index (χ3v) is 3.63. The Hall–Kier alpha value is -1.55. The molecule has 1 atom stereocenters. The van der Waals surface area contributed by atoms with Crippen molar-refractivity contribution in [3.8, 4) is 0 Å². The molecule has 4 heteroatoms. The molecule has 0 saturated carbocycles.